The lowest BCUT2D eigenvalue weighted by molar-refractivity contribution is 0.0448. The molecule has 0 bridgehead atoms. The minimum atomic E-state index is -2.75. The van der Waals surface area contributed by atoms with Gasteiger partial charge in [0.25, 0.3) is 11.8 Å². The molecule has 6 rings (SSSR count). The number of alkyl halides is 2. The first-order valence-electron chi connectivity index (χ1n) is 10.8. The molecule has 3 atom stereocenters. The van der Waals surface area contributed by atoms with Crippen LogP contribution in [0.1, 0.15) is 35.7 Å². The Bertz CT molecular complexity index is 1410. The fourth-order valence-corrected chi connectivity index (χ4v) is 4.36. The van der Waals surface area contributed by atoms with Crippen LogP contribution < -0.4 is 10.6 Å². The van der Waals surface area contributed by atoms with Crippen molar-refractivity contribution >= 4 is 28.4 Å². The van der Waals surface area contributed by atoms with E-state index in [1.165, 1.54) is 15.3 Å². The van der Waals surface area contributed by atoms with E-state index in [-0.39, 0.29) is 23.9 Å². The summed E-state index contributed by atoms with van der Waals surface area (Å²) in [4.78, 5) is 21.9. The van der Waals surface area contributed by atoms with E-state index >= 15 is 0 Å². The Kier molecular flexibility index (Phi) is 4.22. The smallest absolute Gasteiger partial charge is 0.270 e. The van der Waals surface area contributed by atoms with Crippen molar-refractivity contribution < 1.29 is 18.7 Å². The predicted molar refractivity (Wildman–Crippen MR) is 116 cm³/mol. The van der Waals surface area contributed by atoms with Crippen molar-refractivity contribution in [2.24, 2.45) is 0 Å². The van der Waals surface area contributed by atoms with Crippen LogP contribution in [0.25, 0.3) is 27.9 Å². The van der Waals surface area contributed by atoms with Gasteiger partial charge >= 0.3 is 0 Å². The van der Waals surface area contributed by atoms with Gasteiger partial charge < -0.3 is 20.3 Å². The fourth-order valence-electron chi connectivity index (χ4n) is 4.36. The third-order valence-electron chi connectivity index (χ3n) is 6.52. The van der Waals surface area contributed by atoms with Crippen LogP contribution in [0.5, 0.6) is 0 Å². The van der Waals surface area contributed by atoms with Crippen LogP contribution in [0.3, 0.4) is 0 Å². The number of amides is 1. The molecule has 33 heavy (non-hydrogen) atoms. The van der Waals surface area contributed by atoms with Gasteiger partial charge in [0.15, 0.2) is 5.65 Å². The second kappa shape index (κ2) is 6.95. The maximum Gasteiger partial charge on any atom is 0.270 e. The van der Waals surface area contributed by atoms with Crippen molar-refractivity contribution in [2.45, 2.75) is 43.4 Å². The molecular weight excluding hydrogens is 432 g/mol. The van der Waals surface area contributed by atoms with E-state index in [2.05, 4.69) is 20.7 Å². The SMILES string of the molecule is CNc1cc(-c2cn([C@H]3CC3(F)F)c3ncccc23)nc2c(C(=O)N[C@H]3CC[C@H]3O)cnn12. The van der Waals surface area contributed by atoms with Gasteiger partial charge in [-0.15, -0.1) is 0 Å². The number of aromatic nitrogens is 5. The number of carbonyl (C=O) groups is 1. The summed E-state index contributed by atoms with van der Waals surface area (Å²) in [6.45, 7) is 0. The first-order valence-corrected chi connectivity index (χ1v) is 10.8. The molecule has 4 aromatic heterocycles. The van der Waals surface area contributed by atoms with Crippen LogP contribution in [-0.2, 0) is 0 Å². The van der Waals surface area contributed by atoms with Gasteiger partial charge in [-0.05, 0) is 25.0 Å². The van der Waals surface area contributed by atoms with Gasteiger partial charge in [-0.2, -0.15) is 9.61 Å². The summed E-state index contributed by atoms with van der Waals surface area (Å²) in [6.07, 6.45) is 5.26. The van der Waals surface area contributed by atoms with E-state index in [4.69, 9.17) is 4.98 Å². The van der Waals surface area contributed by atoms with Gasteiger partial charge in [-0.3, -0.25) is 4.79 Å². The highest BCUT2D eigenvalue weighted by molar-refractivity contribution is 6.01. The lowest BCUT2D eigenvalue weighted by Crippen LogP contribution is -2.50. The summed E-state index contributed by atoms with van der Waals surface area (Å²) in [5, 5.41) is 20.7. The molecule has 170 valence electrons. The number of hydrogen-bond donors (Lipinski definition) is 3. The Labute approximate surface area is 186 Å². The van der Waals surface area contributed by atoms with E-state index in [1.807, 2.05) is 6.07 Å². The number of pyridine rings is 1. The van der Waals surface area contributed by atoms with Crippen molar-refractivity contribution in [3.05, 3.63) is 42.4 Å². The molecule has 0 radical (unpaired) electrons. The average Bonchev–Trinajstić information content (AvgIpc) is 3.16. The zero-order valence-electron chi connectivity index (χ0n) is 17.7. The molecule has 4 aromatic rings. The number of halogens is 2. The highest BCUT2D eigenvalue weighted by Gasteiger charge is 2.58. The van der Waals surface area contributed by atoms with Crippen molar-refractivity contribution in [3.8, 4) is 11.3 Å². The van der Waals surface area contributed by atoms with Crippen molar-refractivity contribution in [3.63, 3.8) is 0 Å². The van der Waals surface area contributed by atoms with Gasteiger partial charge in [0.1, 0.15) is 23.1 Å². The van der Waals surface area contributed by atoms with Gasteiger partial charge in [-0.25, -0.2) is 18.7 Å². The Hall–Kier alpha value is -3.60. The monoisotopic (exact) mass is 453 g/mol. The number of anilines is 1. The third kappa shape index (κ3) is 3.06. The number of rotatable bonds is 5. The molecule has 11 heteroatoms. The Balaban J connectivity index is 1.48. The van der Waals surface area contributed by atoms with Crippen LogP contribution in [-0.4, -0.2) is 60.3 Å². The van der Waals surface area contributed by atoms with E-state index in [9.17, 15) is 18.7 Å². The van der Waals surface area contributed by atoms with Crippen molar-refractivity contribution in [2.75, 3.05) is 12.4 Å². The van der Waals surface area contributed by atoms with E-state index < -0.39 is 18.1 Å². The number of aliphatic hydroxyl groups excluding tert-OH is 1. The first-order chi connectivity index (χ1) is 15.9. The normalized spacial score (nSPS) is 23.5. The third-order valence-corrected chi connectivity index (χ3v) is 6.52. The molecule has 0 aliphatic heterocycles. The number of fused-ring (bicyclic) bond motifs is 2. The highest BCUT2D eigenvalue weighted by atomic mass is 19.3. The minimum Gasteiger partial charge on any atom is -0.391 e. The lowest BCUT2D eigenvalue weighted by Gasteiger charge is -2.32. The zero-order chi connectivity index (χ0) is 22.9. The summed E-state index contributed by atoms with van der Waals surface area (Å²) in [5.74, 6) is -2.54. The van der Waals surface area contributed by atoms with E-state index in [0.717, 1.165) is 0 Å². The molecule has 2 saturated carbocycles. The van der Waals surface area contributed by atoms with Gasteiger partial charge in [0, 0.05) is 42.9 Å². The van der Waals surface area contributed by atoms with E-state index in [1.54, 1.807) is 31.6 Å². The van der Waals surface area contributed by atoms with Crippen molar-refractivity contribution in [1.82, 2.24) is 29.5 Å². The van der Waals surface area contributed by atoms with Crippen LogP contribution in [0.4, 0.5) is 14.6 Å². The molecule has 2 aliphatic carbocycles. The zero-order valence-corrected chi connectivity index (χ0v) is 17.7. The molecule has 0 spiro atoms. The fraction of sp³-hybridized carbons (Fsp3) is 0.364. The molecule has 0 unspecified atom stereocenters. The molecule has 2 fully saturated rings. The number of carbonyl (C=O) groups excluding carboxylic acids is 1. The summed E-state index contributed by atoms with van der Waals surface area (Å²) < 4.78 is 30.8. The molecule has 2 aliphatic rings. The molecule has 3 N–H and O–H groups in total. The van der Waals surface area contributed by atoms with Crippen LogP contribution in [0.15, 0.2) is 36.8 Å². The summed E-state index contributed by atoms with van der Waals surface area (Å²) >= 11 is 0. The summed E-state index contributed by atoms with van der Waals surface area (Å²) in [6, 6.07) is 4.11. The quantitative estimate of drug-likeness (QED) is 0.429. The second-order valence-corrected chi connectivity index (χ2v) is 8.60. The maximum atomic E-state index is 13.9. The van der Waals surface area contributed by atoms with Gasteiger partial charge in [0.05, 0.1) is 24.0 Å². The first kappa shape index (κ1) is 20.0. The Morgan fingerprint density at radius 2 is 2.12 bits per heavy atom. The molecule has 0 saturated heterocycles. The molecular formula is C22H21F2N7O2. The predicted octanol–water partition coefficient (Wildman–Crippen LogP) is 2.62. The number of aliphatic hydroxyl groups is 1. The Morgan fingerprint density at radius 3 is 2.79 bits per heavy atom. The second-order valence-electron chi connectivity index (χ2n) is 8.60. The largest absolute Gasteiger partial charge is 0.391 e. The minimum absolute atomic E-state index is 0.221. The van der Waals surface area contributed by atoms with Gasteiger partial charge in [-0.1, -0.05) is 0 Å². The molecule has 0 aromatic carbocycles. The highest BCUT2D eigenvalue weighted by Crippen LogP contribution is 2.54. The average molecular weight is 453 g/mol. The molecule has 4 heterocycles. The topological polar surface area (TPSA) is 109 Å². The summed E-state index contributed by atoms with van der Waals surface area (Å²) in [5.41, 5.74) is 2.20. The number of hydrogen-bond acceptors (Lipinski definition) is 6. The Morgan fingerprint density at radius 1 is 1.30 bits per heavy atom. The standard InChI is InChI=1S/C22H21F2N7O2/c1-25-18-7-15(13-10-30(17-8-22(17,23)24)19-11(13)3-2-6-26-19)28-20-12(9-27-31(18)20)21(33)29-14-4-5-16(14)32/h2-3,6-7,9-10,14,16-17,25,32H,4-5,8H2,1H3,(H,29,33)/t14-,16+,17-/m0/s1. The molecule has 9 nitrogen and oxygen atoms in total. The number of nitrogens with zero attached hydrogens (tertiary/aromatic N) is 5. The van der Waals surface area contributed by atoms with Crippen LogP contribution >= 0.6 is 0 Å². The van der Waals surface area contributed by atoms with E-state index in [0.29, 0.717) is 46.6 Å². The lowest BCUT2D eigenvalue weighted by atomic mass is 9.89. The number of nitrogens with one attached hydrogen (secondary N) is 2. The van der Waals surface area contributed by atoms with Crippen LogP contribution in [0.2, 0.25) is 0 Å². The van der Waals surface area contributed by atoms with Crippen molar-refractivity contribution in [1.29, 1.82) is 0 Å². The van der Waals surface area contributed by atoms with Gasteiger partial charge in [0.2, 0.25) is 0 Å². The maximum absolute atomic E-state index is 13.9. The molecule has 1 amide bonds. The van der Waals surface area contributed by atoms with Crippen LogP contribution in [0, 0.1) is 0 Å². The summed E-state index contributed by atoms with van der Waals surface area (Å²) in [7, 11) is 1.72.